The minimum absolute atomic E-state index is 0.868. The highest BCUT2D eigenvalue weighted by atomic mass is 16.3. The predicted octanol–water partition coefficient (Wildman–Crippen LogP) is 15.5. The maximum absolute atomic E-state index is 6.76. The third-order valence-corrected chi connectivity index (χ3v) is 11.2. The van der Waals surface area contributed by atoms with Gasteiger partial charge in [-0.3, -0.25) is 0 Å². The lowest BCUT2D eigenvalue weighted by Gasteiger charge is -2.26. The van der Waals surface area contributed by atoms with E-state index in [1.165, 1.54) is 65.7 Å². The summed E-state index contributed by atoms with van der Waals surface area (Å²) in [6, 6.07) is 76.4. The van der Waals surface area contributed by atoms with Crippen LogP contribution < -0.4 is 4.90 Å². The van der Waals surface area contributed by atoms with Gasteiger partial charge in [0.15, 0.2) is 5.58 Å². The predicted molar refractivity (Wildman–Crippen MR) is 237 cm³/mol. The zero-order chi connectivity index (χ0) is 37.0. The number of para-hydroxylation sites is 1. The Labute approximate surface area is 325 Å². The van der Waals surface area contributed by atoms with Crippen molar-refractivity contribution in [3.05, 3.63) is 212 Å². The molecule has 0 fully saturated rings. The van der Waals surface area contributed by atoms with Gasteiger partial charge in [0.05, 0.1) is 5.69 Å². The molecule has 1 aromatic heterocycles. The summed E-state index contributed by atoms with van der Waals surface area (Å²) < 4.78 is 6.76. The second-order valence-electron chi connectivity index (χ2n) is 14.5. The molecule has 11 aromatic rings. The summed E-state index contributed by atoms with van der Waals surface area (Å²) in [5.74, 6) is 0. The molecule has 0 aliphatic carbocycles. The molecule has 0 saturated carbocycles. The highest BCUT2D eigenvalue weighted by Gasteiger charge is 2.20. The monoisotopic (exact) mass is 713 g/mol. The van der Waals surface area contributed by atoms with Crippen molar-refractivity contribution in [3.63, 3.8) is 0 Å². The van der Waals surface area contributed by atoms with Gasteiger partial charge < -0.3 is 9.32 Å². The van der Waals surface area contributed by atoms with Gasteiger partial charge in [-0.25, -0.2) is 0 Å². The summed E-state index contributed by atoms with van der Waals surface area (Å²) in [7, 11) is 0. The van der Waals surface area contributed by atoms with Crippen LogP contribution in [0.2, 0.25) is 0 Å². The van der Waals surface area contributed by atoms with Gasteiger partial charge >= 0.3 is 0 Å². The van der Waals surface area contributed by atoms with Crippen LogP contribution in [0.3, 0.4) is 0 Å². The van der Waals surface area contributed by atoms with Crippen molar-refractivity contribution in [1.29, 1.82) is 0 Å². The van der Waals surface area contributed by atoms with Gasteiger partial charge in [0, 0.05) is 22.1 Å². The molecular weight excluding hydrogens is 679 g/mol. The normalized spacial score (nSPS) is 11.6. The minimum atomic E-state index is 0.868. The molecule has 262 valence electrons. The quantitative estimate of drug-likeness (QED) is 0.171. The van der Waals surface area contributed by atoms with Crippen LogP contribution in [0, 0.1) is 0 Å². The van der Waals surface area contributed by atoms with Gasteiger partial charge in [0.25, 0.3) is 0 Å². The van der Waals surface area contributed by atoms with Crippen molar-refractivity contribution in [2.24, 2.45) is 0 Å². The van der Waals surface area contributed by atoms with Gasteiger partial charge in [-0.2, -0.15) is 0 Å². The average molecular weight is 714 g/mol. The van der Waals surface area contributed by atoms with E-state index in [1.807, 2.05) is 0 Å². The molecule has 2 heteroatoms. The van der Waals surface area contributed by atoms with Crippen LogP contribution in [0.5, 0.6) is 0 Å². The first-order valence-electron chi connectivity index (χ1n) is 19.2. The van der Waals surface area contributed by atoms with Crippen LogP contribution in [-0.2, 0) is 0 Å². The van der Waals surface area contributed by atoms with E-state index in [2.05, 4.69) is 217 Å². The summed E-state index contributed by atoms with van der Waals surface area (Å²) in [5.41, 5.74) is 12.1. The number of nitrogens with zero attached hydrogens (tertiary/aromatic N) is 1. The second-order valence-corrected chi connectivity index (χ2v) is 14.5. The molecule has 11 rings (SSSR count). The highest BCUT2D eigenvalue weighted by molar-refractivity contribution is 6.21. The van der Waals surface area contributed by atoms with Gasteiger partial charge in [0.2, 0.25) is 0 Å². The van der Waals surface area contributed by atoms with Crippen LogP contribution in [0.1, 0.15) is 0 Å². The van der Waals surface area contributed by atoms with Crippen molar-refractivity contribution in [2.75, 3.05) is 4.90 Å². The molecule has 0 aliphatic rings. The van der Waals surface area contributed by atoms with Crippen LogP contribution >= 0.6 is 0 Å². The van der Waals surface area contributed by atoms with E-state index >= 15 is 0 Å². The van der Waals surface area contributed by atoms with E-state index in [0.717, 1.165) is 39.0 Å². The van der Waals surface area contributed by atoms with Gasteiger partial charge in [-0.1, -0.05) is 158 Å². The Hall–Kier alpha value is -7.42. The topological polar surface area (TPSA) is 16.4 Å². The van der Waals surface area contributed by atoms with Gasteiger partial charge in [-0.05, 0) is 120 Å². The Bertz CT molecular complexity index is 3230. The molecule has 0 aliphatic heterocycles. The average Bonchev–Trinajstić information content (AvgIpc) is 3.67. The van der Waals surface area contributed by atoms with Crippen molar-refractivity contribution < 1.29 is 4.42 Å². The summed E-state index contributed by atoms with van der Waals surface area (Å²) in [6.45, 7) is 0. The summed E-state index contributed by atoms with van der Waals surface area (Å²) in [4.78, 5) is 2.32. The molecule has 0 saturated heterocycles. The van der Waals surface area contributed by atoms with Crippen molar-refractivity contribution in [1.82, 2.24) is 0 Å². The van der Waals surface area contributed by atoms with E-state index in [1.54, 1.807) is 0 Å². The Morgan fingerprint density at radius 3 is 1.45 bits per heavy atom. The molecule has 2 nitrogen and oxygen atoms in total. The van der Waals surface area contributed by atoms with Gasteiger partial charge in [0.1, 0.15) is 5.58 Å². The fraction of sp³-hybridized carbons (Fsp3) is 0. The number of anilines is 3. The minimum Gasteiger partial charge on any atom is -0.454 e. The summed E-state index contributed by atoms with van der Waals surface area (Å²) in [6.07, 6.45) is 0. The summed E-state index contributed by atoms with van der Waals surface area (Å²) in [5, 5.41) is 9.63. The molecule has 0 spiro atoms. The lowest BCUT2D eigenvalue weighted by atomic mass is 9.96. The molecule has 0 bridgehead atoms. The molecule has 1 heterocycles. The second kappa shape index (κ2) is 13.2. The zero-order valence-electron chi connectivity index (χ0n) is 30.6. The fourth-order valence-electron chi connectivity index (χ4n) is 8.37. The van der Waals surface area contributed by atoms with E-state index in [4.69, 9.17) is 4.42 Å². The number of rotatable bonds is 6. The SMILES string of the molecule is c1ccc(-c2ccc(N(c3ccc(-c4ccc5cc(-c6ccc7ccccc7c6)ccc5c4)cc3)c3cccc4c3oc3ccc5ccccc5c34)cc2)cc1. The first kappa shape index (κ1) is 32.0. The Kier molecular flexibility index (Phi) is 7.53. The van der Waals surface area contributed by atoms with Crippen molar-refractivity contribution >= 4 is 71.3 Å². The van der Waals surface area contributed by atoms with E-state index in [9.17, 15) is 0 Å². The van der Waals surface area contributed by atoms with E-state index in [-0.39, 0.29) is 0 Å². The van der Waals surface area contributed by atoms with E-state index < -0.39 is 0 Å². The third kappa shape index (κ3) is 5.51. The van der Waals surface area contributed by atoms with Crippen LogP contribution in [0.15, 0.2) is 217 Å². The van der Waals surface area contributed by atoms with Crippen LogP contribution in [0.4, 0.5) is 17.1 Å². The Morgan fingerprint density at radius 1 is 0.304 bits per heavy atom. The molecule has 0 N–H and O–H groups in total. The van der Waals surface area contributed by atoms with Crippen molar-refractivity contribution in [3.8, 4) is 33.4 Å². The standard InChI is InChI=1S/C54H35NO/c1-2-9-36(10-3-1)38-23-28-47(29-24-38)55(51-16-8-15-50-53-49-14-7-6-12-40(49)27-32-52(53)56-54(50)51)48-30-25-39(26-31-48)42-19-20-45-35-46(22-21-44(45)34-42)43-18-17-37-11-4-5-13-41(37)33-43/h1-35H. The number of benzene rings is 10. The van der Waals surface area contributed by atoms with Gasteiger partial charge in [-0.15, -0.1) is 0 Å². The maximum atomic E-state index is 6.76. The first-order chi connectivity index (χ1) is 27.7. The molecular formula is C54H35NO. The van der Waals surface area contributed by atoms with Crippen LogP contribution in [-0.4, -0.2) is 0 Å². The van der Waals surface area contributed by atoms with Crippen LogP contribution in [0.25, 0.3) is 87.6 Å². The molecule has 0 unspecified atom stereocenters. The highest BCUT2D eigenvalue weighted by Crippen LogP contribution is 2.44. The molecule has 0 amide bonds. The summed E-state index contributed by atoms with van der Waals surface area (Å²) >= 11 is 0. The third-order valence-electron chi connectivity index (χ3n) is 11.2. The molecule has 56 heavy (non-hydrogen) atoms. The smallest absolute Gasteiger partial charge is 0.159 e. The maximum Gasteiger partial charge on any atom is 0.159 e. The number of hydrogen-bond acceptors (Lipinski definition) is 2. The first-order valence-corrected chi connectivity index (χ1v) is 19.2. The largest absolute Gasteiger partial charge is 0.454 e. The fourth-order valence-corrected chi connectivity index (χ4v) is 8.37. The number of fused-ring (bicyclic) bond motifs is 7. The lowest BCUT2D eigenvalue weighted by molar-refractivity contribution is 0.669. The molecule has 0 radical (unpaired) electrons. The molecule has 10 aromatic carbocycles. The van der Waals surface area contributed by atoms with Crippen molar-refractivity contribution in [2.45, 2.75) is 0 Å². The zero-order valence-corrected chi connectivity index (χ0v) is 30.6. The lowest BCUT2D eigenvalue weighted by Crippen LogP contribution is -2.10. The Morgan fingerprint density at radius 2 is 0.768 bits per heavy atom. The molecule has 0 atom stereocenters. The number of furan rings is 1. The Balaban J connectivity index is 0.988. The number of hydrogen-bond donors (Lipinski definition) is 0. The van der Waals surface area contributed by atoms with E-state index in [0.29, 0.717) is 0 Å².